The van der Waals surface area contributed by atoms with Crippen molar-refractivity contribution in [2.24, 2.45) is 0 Å². The number of urea groups is 1. The fourth-order valence-corrected chi connectivity index (χ4v) is 4.33. The summed E-state index contributed by atoms with van der Waals surface area (Å²) in [4.78, 5) is 29.1. The third kappa shape index (κ3) is 4.38. The first kappa shape index (κ1) is 18.8. The molecule has 1 saturated carbocycles. The van der Waals surface area contributed by atoms with Crippen LogP contribution in [0.15, 0.2) is 29.4 Å². The van der Waals surface area contributed by atoms with Gasteiger partial charge in [-0.25, -0.2) is 9.78 Å². The number of nitrogens with one attached hydrogen (secondary N) is 2. The number of thioether (sulfide) groups is 1. The summed E-state index contributed by atoms with van der Waals surface area (Å²) >= 11 is 1.38. The maximum absolute atomic E-state index is 12.4. The van der Waals surface area contributed by atoms with Crippen LogP contribution in [0.2, 0.25) is 0 Å². The number of carbonyl (C=O) groups is 2. The maximum atomic E-state index is 12.4. The second kappa shape index (κ2) is 8.58. The molecule has 0 saturated heterocycles. The van der Waals surface area contributed by atoms with Crippen molar-refractivity contribution in [2.75, 3.05) is 0 Å². The average Bonchev–Trinajstić information content (AvgIpc) is 2.99. The number of carbonyl (C=O) groups excluding carboxylic acids is 2. The van der Waals surface area contributed by atoms with E-state index in [9.17, 15) is 9.59 Å². The molecule has 1 aromatic heterocycles. The van der Waals surface area contributed by atoms with Crippen molar-refractivity contribution in [1.29, 1.82) is 0 Å². The summed E-state index contributed by atoms with van der Waals surface area (Å²) < 4.78 is 2.09. The molecule has 1 heterocycles. The standard InChI is InChI=1S/C19H26N4O2S/c1-3-23-16-12-8-7-11-15(16)21-19(23)26-13(2)17(24)22-18(25)20-14-9-5-4-6-10-14/h7-8,11-14H,3-6,9-10H2,1-2H3,(H2,20,22,24,25). The molecule has 0 radical (unpaired) electrons. The van der Waals surface area contributed by atoms with Crippen LogP contribution in [0.25, 0.3) is 11.0 Å². The number of aromatic nitrogens is 2. The number of nitrogens with zero attached hydrogens (tertiary/aromatic N) is 2. The third-order valence-corrected chi connectivity index (χ3v) is 5.85. The Hall–Kier alpha value is -2.02. The Morgan fingerprint density at radius 2 is 2.00 bits per heavy atom. The van der Waals surface area contributed by atoms with E-state index in [1.54, 1.807) is 6.92 Å². The minimum atomic E-state index is -0.408. The summed E-state index contributed by atoms with van der Waals surface area (Å²) in [5.74, 6) is -0.294. The van der Waals surface area contributed by atoms with Crippen LogP contribution in [0.5, 0.6) is 0 Å². The summed E-state index contributed by atoms with van der Waals surface area (Å²) in [6.07, 6.45) is 5.49. The maximum Gasteiger partial charge on any atom is 0.321 e. The van der Waals surface area contributed by atoms with Gasteiger partial charge in [0.1, 0.15) is 0 Å². The van der Waals surface area contributed by atoms with Gasteiger partial charge in [-0.05, 0) is 38.8 Å². The molecule has 1 aromatic carbocycles. The monoisotopic (exact) mass is 374 g/mol. The van der Waals surface area contributed by atoms with Crippen LogP contribution in [0.3, 0.4) is 0 Å². The summed E-state index contributed by atoms with van der Waals surface area (Å²) in [5.41, 5.74) is 1.97. The molecule has 2 aromatic rings. The first-order valence-electron chi connectivity index (χ1n) is 9.31. The number of aryl methyl sites for hydroxylation is 1. The van der Waals surface area contributed by atoms with Crippen molar-refractivity contribution in [3.8, 4) is 0 Å². The number of hydrogen-bond donors (Lipinski definition) is 2. The van der Waals surface area contributed by atoms with E-state index in [1.165, 1.54) is 18.2 Å². The van der Waals surface area contributed by atoms with Crippen molar-refractivity contribution in [3.05, 3.63) is 24.3 Å². The van der Waals surface area contributed by atoms with Crippen LogP contribution in [0.1, 0.15) is 46.0 Å². The molecule has 6 nitrogen and oxygen atoms in total. The van der Waals surface area contributed by atoms with Crippen molar-refractivity contribution in [2.45, 2.75) is 68.9 Å². The third-order valence-electron chi connectivity index (χ3n) is 4.76. The lowest BCUT2D eigenvalue weighted by Gasteiger charge is -2.23. The smallest absolute Gasteiger partial charge is 0.321 e. The Morgan fingerprint density at radius 1 is 1.27 bits per heavy atom. The molecule has 0 aliphatic heterocycles. The molecular weight excluding hydrogens is 348 g/mol. The zero-order chi connectivity index (χ0) is 18.5. The van der Waals surface area contributed by atoms with E-state index in [1.807, 2.05) is 24.3 Å². The molecule has 1 atom stereocenters. The van der Waals surface area contributed by atoms with Crippen molar-refractivity contribution in [1.82, 2.24) is 20.2 Å². The number of imide groups is 1. The highest BCUT2D eigenvalue weighted by molar-refractivity contribution is 8.00. The van der Waals surface area contributed by atoms with Gasteiger partial charge in [-0.3, -0.25) is 10.1 Å². The molecule has 1 aliphatic rings. The van der Waals surface area contributed by atoms with Crippen molar-refractivity contribution in [3.63, 3.8) is 0 Å². The molecule has 140 valence electrons. The highest BCUT2D eigenvalue weighted by atomic mass is 32.2. The number of amides is 3. The lowest BCUT2D eigenvalue weighted by molar-refractivity contribution is -0.119. The topological polar surface area (TPSA) is 76.0 Å². The van der Waals surface area contributed by atoms with Gasteiger partial charge in [0, 0.05) is 12.6 Å². The molecule has 2 N–H and O–H groups in total. The zero-order valence-corrected chi connectivity index (χ0v) is 16.1. The fourth-order valence-electron chi connectivity index (χ4n) is 3.34. The van der Waals surface area contributed by atoms with Crippen LogP contribution >= 0.6 is 11.8 Å². The average molecular weight is 375 g/mol. The first-order valence-corrected chi connectivity index (χ1v) is 10.2. The van der Waals surface area contributed by atoms with E-state index in [-0.39, 0.29) is 11.9 Å². The Bertz CT molecular complexity index is 783. The molecule has 0 bridgehead atoms. The highest BCUT2D eigenvalue weighted by Gasteiger charge is 2.22. The van der Waals surface area contributed by atoms with E-state index < -0.39 is 11.3 Å². The summed E-state index contributed by atoms with van der Waals surface area (Å²) in [6.45, 7) is 4.63. The number of fused-ring (bicyclic) bond motifs is 1. The Kier molecular flexibility index (Phi) is 6.19. The van der Waals surface area contributed by atoms with Gasteiger partial charge in [0.05, 0.1) is 16.3 Å². The molecule has 1 aliphatic carbocycles. The van der Waals surface area contributed by atoms with E-state index >= 15 is 0 Å². The van der Waals surface area contributed by atoms with Crippen molar-refractivity contribution >= 4 is 34.7 Å². The van der Waals surface area contributed by atoms with Gasteiger partial charge in [0.25, 0.3) is 0 Å². The van der Waals surface area contributed by atoms with Crippen LogP contribution in [-0.2, 0) is 11.3 Å². The largest absolute Gasteiger partial charge is 0.335 e. The van der Waals surface area contributed by atoms with Gasteiger partial charge >= 0.3 is 6.03 Å². The molecular formula is C19H26N4O2S. The predicted molar refractivity (Wildman–Crippen MR) is 104 cm³/mol. The first-order chi connectivity index (χ1) is 12.6. The second-order valence-corrected chi connectivity index (χ2v) is 7.99. The number of benzene rings is 1. The number of rotatable bonds is 5. The minimum Gasteiger partial charge on any atom is -0.335 e. The van der Waals surface area contributed by atoms with Crippen LogP contribution in [0, 0.1) is 0 Å². The van der Waals surface area contributed by atoms with Gasteiger partial charge in [0.2, 0.25) is 5.91 Å². The fraction of sp³-hybridized carbons (Fsp3) is 0.526. The molecule has 3 rings (SSSR count). The Labute approximate surface area is 158 Å². The minimum absolute atomic E-state index is 0.184. The molecule has 1 fully saturated rings. The van der Waals surface area contributed by atoms with Gasteiger partial charge < -0.3 is 9.88 Å². The van der Waals surface area contributed by atoms with Gasteiger partial charge in [0.15, 0.2) is 5.16 Å². The van der Waals surface area contributed by atoms with E-state index in [2.05, 4.69) is 27.1 Å². The van der Waals surface area contributed by atoms with E-state index in [0.717, 1.165) is 48.4 Å². The lowest BCUT2D eigenvalue weighted by Crippen LogP contribution is -2.47. The highest BCUT2D eigenvalue weighted by Crippen LogP contribution is 2.27. The van der Waals surface area contributed by atoms with E-state index in [4.69, 9.17) is 0 Å². The lowest BCUT2D eigenvalue weighted by atomic mass is 9.96. The van der Waals surface area contributed by atoms with Gasteiger partial charge in [-0.2, -0.15) is 0 Å². The summed E-state index contributed by atoms with van der Waals surface area (Å²) in [7, 11) is 0. The molecule has 1 unspecified atom stereocenters. The van der Waals surface area contributed by atoms with Gasteiger partial charge in [-0.15, -0.1) is 0 Å². The number of hydrogen-bond acceptors (Lipinski definition) is 4. The Balaban J connectivity index is 1.59. The number of imidazole rings is 1. The van der Waals surface area contributed by atoms with Crippen LogP contribution in [0.4, 0.5) is 4.79 Å². The predicted octanol–water partition coefficient (Wildman–Crippen LogP) is 3.70. The van der Waals surface area contributed by atoms with Crippen LogP contribution in [-0.4, -0.2) is 32.8 Å². The van der Waals surface area contributed by atoms with Crippen LogP contribution < -0.4 is 10.6 Å². The second-order valence-electron chi connectivity index (χ2n) is 6.69. The van der Waals surface area contributed by atoms with Gasteiger partial charge in [-0.1, -0.05) is 43.2 Å². The summed E-state index contributed by atoms with van der Waals surface area (Å²) in [5, 5.41) is 5.77. The summed E-state index contributed by atoms with van der Waals surface area (Å²) in [6, 6.07) is 7.72. The normalized spacial score (nSPS) is 16.4. The SMILES string of the molecule is CCn1c(SC(C)C(=O)NC(=O)NC2CCCCC2)nc2ccccc21. The molecule has 26 heavy (non-hydrogen) atoms. The molecule has 7 heteroatoms. The zero-order valence-electron chi connectivity index (χ0n) is 15.3. The Morgan fingerprint density at radius 3 is 2.73 bits per heavy atom. The quantitative estimate of drug-likeness (QED) is 0.783. The van der Waals surface area contributed by atoms with Crippen molar-refractivity contribution < 1.29 is 9.59 Å². The van der Waals surface area contributed by atoms with E-state index in [0.29, 0.717) is 0 Å². The molecule has 3 amide bonds. The number of para-hydroxylation sites is 2. The molecule has 0 spiro atoms.